The molecule has 1 atom stereocenters. The SMILES string of the molecule is CCNc1cnccc1C(=O)NCCS(C)=O. The predicted octanol–water partition coefficient (Wildman–Crippen LogP) is 0.622. The van der Waals surface area contributed by atoms with Gasteiger partial charge in [-0.1, -0.05) is 0 Å². The fraction of sp³-hybridized carbons (Fsp3) is 0.455. The van der Waals surface area contributed by atoms with Gasteiger partial charge in [-0.25, -0.2) is 0 Å². The summed E-state index contributed by atoms with van der Waals surface area (Å²) in [6, 6.07) is 1.66. The van der Waals surface area contributed by atoms with Crippen LogP contribution in [0.2, 0.25) is 0 Å². The molecule has 0 spiro atoms. The van der Waals surface area contributed by atoms with E-state index < -0.39 is 10.8 Å². The Morgan fingerprint density at radius 3 is 2.94 bits per heavy atom. The molecule has 1 aromatic heterocycles. The predicted molar refractivity (Wildman–Crippen MR) is 69.7 cm³/mol. The number of rotatable bonds is 6. The van der Waals surface area contributed by atoms with Crippen LogP contribution in [0.4, 0.5) is 5.69 Å². The molecule has 1 heterocycles. The van der Waals surface area contributed by atoms with Crippen molar-refractivity contribution in [1.29, 1.82) is 0 Å². The highest BCUT2D eigenvalue weighted by Crippen LogP contribution is 2.12. The molecule has 1 amide bonds. The molecular weight excluding hydrogens is 238 g/mol. The van der Waals surface area contributed by atoms with Crippen molar-refractivity contribution in [1.82, 2.24) is 10.3 Å². The molecule has 0 radical (unpaired) electrons. The van der Waals surface area contributed by atoms with Crippen molar-refractivity contribution < 1.29 is 9.00 Å². The number of hydrogen-bond acceptors (Lipinski definition) is 4. The van der Waals surface area contributed by atoms with E-state index in [-0.39, 0.29) is 5.91 Å². The standard InChI is InChI=1S/C11H17N3O2S/c1-3-13-10-8-12-5-4-9(10)11(15)14-6-7-17(2)16/h4-5,8,13H,3,6-7H2,1-2H3,(H,14,15). The average Bonchev–Trinajstić information content (AvgIpc) is 2.29. The fourth-order valence-electron chi connectivity index (χ4n) is 1.33. The Hall–Kier alpha value is -1.43. The zero-order chi connectivity index (χ0) is 12.7. The van der Waals surface area contributed by atoms with Crippen LogP contribution in [0.1, 0.15) is 17.3 Å². The van der Waals surface area contributed by atoms with Crippen LogP contribution < -0.4 is 10.6 Å². The number of amides is 1. The number of aromatic nitrogens is 1. The Morgan fingerprint density at radius 2 is 2.29 bits per heavy atom. The topological polar surface area (TPSA) is 71.1 Å². The van der Waals surface area contributed by atoms with E-state index >= 15 is 0 Å². The zero-order valence-electron chi connectivity index (χ0n) is 10.0. The minimum atomic E-state index is -0.890. The number of carbonyl (C=O) groups is 1. The molecule has 0 saturated carbocycles. The molecule has 6 heteroatoms. The van der Waals surface area contributed by atoms with Gasteiger partial charge >= 0.3 is 0 Å². The van der Waals surface area contributed by atoms with E-state index in [4.69, 9.17) is 0 Å². The smallest absolute Gasteiger partial charge is 0.253 e. The van der Waals surface area contributed by atoms with Crippen molar-refractivity contribution in [2.24, 2.45) is 0 Å². The molecule has 1 rings (SSSR count). The average molecular weight is 255 g/mol. The molecule has 0 fully saturated rings. The molecule has 1 unspecified atom stereocenters. The Labute approximate surface area is 103 Å². The lowest BCUT2D eigenvalue weighted by Crippen LogP contribution is -2.28. The second kappa shape index (κ2) is 7.01. The fourth-order valence-corrected chi connectivity index (χ4v) is 1.72. The van der Waals surface area contributed by atoms with Crippen LogP contribution in [0.25, 0.3) is 0 Å². The zero-order valence-corrected chi connectivity index (χ0v) is 10.8. The largest absolute Gasteiger partial charge is 0.383 e. The van der Waals surface area contributed by atoms with Gasteiger partial charge in [0.05, 0.1) is 17.4 Å². The van der Waals surface area contributed by atoms with Crippen molar-refractivity contribution >= 4 is 22.4 Å². The number of nitrogens with one attached hydrogen (secondary N) is 2. The van der Waals surface area contributed by atoms with Crippen molar-refractivity contribution in [3.8, 4) is 0 Å². The van der Waals surface area contributed by atoms with Gasteiger partial charge in [0.2, 0.25) is 0 Å². The molecule has 5 nitrogen and oxygen atoms in total. The first kappa shape index (κ1) is 13.6. The summed E-state index contributed by atoms with van der Waals surface area (Å²) >= 11 is 0. The summed E-state index contributed by atoms with van der Waals surface area (Å²) in [6.45, 7) is 3.09. The number of nitrogens with zero attached hydrogens (tertiary/aromatic N) is 1. The van der Waals surface area contributed by atoms with Gasteiger partial charge in [0, 0.05) is 42.1 Å². The van der Waals surface area contributed by atoms with Crippen LogP contribution in [0, 0.1) is 0 Å². The van der Waals surface area contributed by atoms with Gasteiger partial charge in [-0.05, 0) is 13.0 Å². The van der Waals surface area contributed by atoms with Gasteiger partial charge < -0.3 is 10.6 Å². The summed E-state index contributed by atoms with van der Waals surface area (Å²) in [6.07, 6.45) is 4.81. The molecule has 0 bridgehead atoms. The van der Waals surface area contributed by atoms with E-state index in [1.165, 1.54) is 0 Å². The Balaban J connectivity index is 2.64. The molecular formula is C11H17N3O2S. The molecule has 0 aliphatic carbocycles. The third kappa shape index (κ3) is 4.52. The van der Waals surface area contributed by atoms with Crippen molar-refractivity contribution in [2.75, 3.05) is 30.4 Å². The number of carbonyl (C=O) groups excluding carboxylic acids is 1. The van der Waals surface area contributed by atoms with Gasteiger partial charge in [0.25, 0.3) is 5.91 Å². The third-order valence-corrected chi connectivity index (χ3v) is 2.89. The maximum absolute atomic E-state index is 11.8. The molecule has 2 N–H and O–H groups in total. The number of hydrogen-bond donors (Lipinski definition) is 2. The van der Waals surface area contributed by atoms with E-state index in [0.29, 0.717) is 23.5 Å². The van der Waals surface area contributed by atoms with Crippen molar-refractivity contribution in [3.63, 3.8) is 0 Å². The van der Waals surface area contributed by atoms with Gasteiger partial charge in [-0.3, -0.25) is 14.0 Å². The van der Waals surface area contributed by atoms with Crippen LogP contribution in [0.15, 0.2) is 18.5 Å². The first-order valence-electron chi connectivity index (χ1n) is 5.41. The molecule has 0 saturated heterocycles. The maximum atomic E-state index is 11.8. The van der Waals surface area contributed by atoms with Gasteiger partial charge in [0.1, 0.15) is 0 Å². The highest BCUT2D eigenvalue weighted by atomic mass is 32.2. The third-order valence-electron chi connectivity index (χ3n) is 2.11. The van der Waals surface area contributed by atoms with E-state index in [0.717, 1.165) is 6.54 Å². The second-order valence-electron chi connectivity index (χ2n) is 3.48. The lowest BCUT2D eigenvalue weighted by atomic mass is 10.2. The minimum Gasteiger partial charge on any atom is -0.383 e. The lowest BCUT2D eigenvalue weighted by molar-refractivity contribution is 0.0957. The van der Waals surface area contributed by atoms with E-state index in [1.54, 1.807) is 24.7 Å². The maximum Gasteiger partial charge on any atom is 0.253 e. The Bertz CT molecular complexity index is 409. The van der Waals surface area contributed by atoms with Gasteiger partial charge in [-0.2, -0.15) is 0 Å². The lowest BCUT2D eigenvalue weighted by Gasteiger charge is -2.09. The molecule has 0 aliphatic rings. The summed E-state index contributed by atoms with van der Waals surface area (Å²) in [5.41, 5.74) is 1.27. The molecule has 1 aromatic rings. The number of anilines is 1. The van der Waals surface area contributed by atoms with Crippen molar-refractivity contribution in [3.05, 3.63) is 24.0 Å². The summed E-state index contributed by atoms with van der Waals surface area (Å²) < 4.78 is 10.9. The molecule has 17 heavy (non-hydrogen) atoms. The summed E-state index contributed by atoms with van der Waals surface area (Å²) in [4.78, 5) is 15.8. The Kier molecular flexibility index (Phi) is 5.62. The van der Waals surface area contributed by atoms with Crippen LogP contribution in [0.3, 0.4) is 0 Å². The summed E-state index contributed by atoms with van der Waals surface area (Å²) in [7, 11) is -0.890. The van der Waals surface area contributed by atoms with E-state index in [1.807, 2.05) is 6.92 Å². The van der Waals surface area contributed by atoms with Gasteiger partial charge in [-0.15, -0.1) is 0 Å². The highest BCUT2D eigenvalue weighted by molar-refractivity contribution is 7.84. The van der Waals surface area contributed by atoms with Crippen LogP contribution in [-0.4, -0.2) is 40.2 Å². The van der Waals surface area contributed by atoms with Crippen molar-refractivity contribution in [2.45, 2.75) is 6.92 Å². The van der Waals surface area contributed by atoms with Crippen LogP contribution in [0.5, 0.6) is 0 Å². The normalized spacial score (nSPS) is 11.9. The van der Waals surface area contributed by atoms with Crippen LogP contribution in [-0.2, 0) is 10.8 Å². The molecule has 94 valence electrons. The monoisotopic (exact) mass is 255 g/mol. The Morgan fingerprint density at radius 1 is 1.53 bits per heavy atom. The molecule has 0 aromatic carbocycles. The second-order valence-corrected chi connectivity index (χ2v) is 5.04. The summed E-state index contributed by atoms with van der Waals surface area (Å²) in [5, 5.41) is 5.80. The van der Waals surface area contributed by atoms with Crippen LogP contribution >= 0.6 is 0 Å². The highest BCUT2D eigenvalue weighted by Gasteiger charge is 2.10. The minimum absolute atomic E-state index is 0.172. The molecule has 0 aliphatic heterocycles. The van der Waals surface area contributed by atoms with E-state index in [2.05, 4.69) is 15.6 Å². The quantitative estimate of drug-likeness (QED) is 0.782. The first-order valence-corrected chi connectivity index (χ1v) is 7.14. The van der Waals surface area contributed by atoms with Gasteiger partial charge in [0.15, 0.2) is 0 Å². The van der Waals surface area contributed by atoms with E-state index in [9.17, 15) is 9.00 Å². The number of pyridine rings is 1. The summed E-state index contributed by atoms with van der Waals surface area (Å²) in [5.74, 6) is 0.293. The first-order chi connectivity index (χ1) is 8.15.